The second-order valence-electron chi connectivity index (χ2n) is 6.98. The molecule has 0 spiro atoms. The molecule has 1 aliphatic rings. The van der Waals surface area contributed by atoms with E-state index in [2.05, 4.69) is 9.84 Å². The van der Waals surface area contributed by atoms with Gasteiger partial charge in [0.05, 0.1) is 18.8 Å². The lowest BCUT2D eigenvalue weighted by Gasteiger charge is -2.28. The molecule has 2 N–H and O–H groups in total. The molecule has 0 aliphatic heterocycles. The molecule has 1 aromatic heterocycles. The molecule has 0 atom stereocenters. The number of halogens is 3. The third-order valence-corrected chi connectivity index (χ3v) is 4.81. The van der Waals surface area contributed by atoms with E-state index in [1.54, 1.807) is 0 Å². The molecule has 0 radical (unpaired) electrons. The van der Waals surface area contributed by atoms with Crippen molar-refractivity contribution in [3.63, 3.8) is 0 Å². The van der Waals surface area contributed by atoms with Gasteiger partial charge in [0, 0.05) is 6.61 Å². The Labute approximate surface area is 165 Å². The molecule has 0 unspecified atom stereocenters. The highest BCUT2D eigenvalue weighted by molar-refractivity contribution is 5.84. The highest BCUT2D eigenvalue weighted by Gasteiger charge is 2.35. The Kier molecular flexibility index (Phi) is 6.63. The van der Waals surface area contributed by atoms with Crippen LogP contribution in [0.5, 0.6) is 5.88 Å². The topological polar surface area (TPSA) is 85.6 Å². The van der Waals surface area contributed by atoms with Gasteiger partial charge in [0.2, 0.25) is 0 Å². The maximum absolute atomic E-state index is 12.5. The molecule has 7 nitrogen and oxygen atoms in total. The standard InChI is InChI=1S/C19H22F3N3O4/c20-19(21,22)29-17-16(23-18(26)27)10-25(24-17)15-8-6-14(7-9-15)12-28-11-13-4-2-1-3-5-13/h1-5,10,14-15,23H,6-9,11-12H2,(H,26,27). The third kappa shape index (κ3) is 6.38. The maximum Gasteiger partial charge on any atom is 0.574 e. The number of anilines is 1. The molecule has 3 rings (SSSR count). The van der Waals surface area contributed by atoms with Crippen molar-refractivity contribution in [1.82, 2.24) is 9.78 Å². The number of carbonyl (C=O) groups is 1. The monoisotopic (exact) mass is 413 g/mol. The van der Waals surface area contributed by atoms with Gasteiger partial charge in [-0.15, -0.1) is 18.3 Å². The van der Waals surface area contributed by atoms with E-state index in [0.717, 1.165) is 18.4 Å². The number of rotatable bonds is 7. The van der Waals surface area contributed by atoms with Crippen LogP contribution in [-0.4, -0.2) is 33.9 Å². The summed E-state index contributed by atoms with van der Waals surface area (Å²) < 4.78 is 48.6. The van der Waals surface area contributed by atoms with Crippen molar-refractivity contribution in [3.8, 4) is 5.88 Å². The summed E-state index contributed by atoms with van der Waals surface area (Å²) in [6.07, 6.45) is -2.10. The van der Waals surface area contributed by atoms with Crippen molar-refractivity contribution >= 4 is 11.8 Å². The van der Waals surface area contributed by atoms with Gasteiger partial charge in [-0.1, -0.05) is 30.3 Å². The van der Waals surface area contributed by atoms with Crippen molar-refractivity contribution in [3.05, 3.63) is 42.1 Å². The average Bonchev–Trinajstić information content (AvgIpc) is 3.03. The normalized spacial score (nSPS) is 19.7. The van der Waals surface area contributed by atoms with Gasteiger partial charge in [0.1, 0.15) is 5.69 Å². The van der Waals surface area contributed by atoms with Crippen LogP contribution in [0.25, 0.3) is 0 Å². The Morgan fingerprint density at radius 2 is 1.90 bits per heavy atom. The molecule has 158 valence electrons. The molecular formula is C19H22F3N3O4. The first-order valence-corrected chi connectivity index (χ1v) is 9.26. The number of hydrogen-bond acceptors (Lipinski definition) is 4. The van der Waals surface area contributed by atoms with E-state index in [1.165, 1.54) is 10.9 Å². The summed E-state index contributed by atoms with van der Waals surface area (Å²) in [6.45, 7) is 1.16. The molecule has 0 bridgehead atoms. The number of nitrogens with one attached hydrogen (secondary N) is 1. The van der Waals surface area contributed by atoms with E-state index in [4.69, 9.17) is 9.84 Å². The second kappa shape index (κ2) is 9.17. The van der Waals surface area contributed by atoms with Gasteiger partial charge >= 0.3 is 12.5 Å². The molecule has 10 heteroatoms. The van der Waals surface area contributed by atoms with Crippen molar-refractivity contribution in [2.75, 3.05) is 11.9 Å². The van der Waals surface area contributed by atoms with Crippen molar-refractivity contribution in [1.29, 1.82) is 0 Å². The van der Waals surface area contributed by atoms with Crippen molar-refractivity contribution in [2.24, 2.45) is 5.92 Å². The van der Waals surface area contributed by atoms with Crippen LogP contribution in [0.4, 0.5) is 23.7 Å². The lowest BCUT2D eigenvalue weighted by molar-refractivity contribution is -0.276. The summed E-state index contributed by atoms with van der Waals surface area (Å²) in [4.78, 5) is 10.8. The molecule has 1 aliphatic carbocycles. The van der Waals surface area contributed by atoms with E-state index in [-0.39, 0.29) is 11.7 Å². The summed E-state index contributed by atoms with van der Waals surface area (Å²) in [5.41, 5.74) is 0.775. The van der Waals surface area contributed by atoms with Gasteiger partial charge < -0.3 is 14.6 Å². The summed E-state index contributed by atoms with van der Waals surface area (Å²) in [6, 6.07) is 9.73. The summed E-state index contributed by atoms with van der Waals surface area (Å²) in [5, 5.41) is 14.5. The first-order valence-electron chi connectivity index (χ1n) is 9.26. The van der Waals surface area contributed by atoms with Crippen LogP contribution < -0.4 is 10.1 Å². The quantitative estimate of drug-likeness (QED) is 0.680. The van der Waals surface area contributed by atoms with Gasteiger partial charge in [-0.05, 0) is 37.2 Å². The van der Waals surface area contributed by atoms with Crippen LogP contribution in [0.3, 0.4) is 0 Å². The zero-order valence-corrected chi connectivity index (χ0v) is 15.6. The van der Waals surface area contributed by atoms with E-state index in [0.29, 0.717) is 32.0 Å². The Balaban J connectivity index is 1.53. The minimum absolute atomic E-state index is 0.125. The molecule has 2 aromatic rings. The van der Waals surface area contributed by atoms with Crippen LogP contribution in [0.15, 0.2) is 36.5 Å². The Hall–Kier alpha value is -2.75. The van der Waals surface area contributed by atoms with Crippen LogP contribution in [0.1, 0.15) is 37.3 Å². The average molecular weight is 413 g/mol. The Bertz CT molecular complexity index is 803. The predicted molar refractivity (Wildman–Crippen MR) is 97.7 cm³/mol. The van der Waals surface area contributed by atoms with Gasteiger partial charge in [-0.2, -0.15) is 0 Å². The smallest absolute Gasteiger partial charge is 0.465 e. The number of alkyl halides is 3. The maximum atomic E-state index is 12.5. The first-order chi connectivity index (χ1) is 13.8. The number of carboxylic acid groups (broad SMARTS) is 1. The van der Waals surface area contributed by atoms with E-state index < -0.39 is 18.3 Å². The number of benzene rings is 1. The fraction of sp³-hybridized carbons (Fsp3) is 0.474. The van der Waals surface area contributed by atoms with Gasteiger partial charge in [0.25, 0.3) is 5.88 Å². The van der Waals surface area contributed by atoms with Crippen LogP contribution >= 0.6 is 0 Å². The van der Waals surface area contributed by atoms with Crippen LogP contribution in [-0.2, 0) is 11.3 Å². The number of amides is 1. The lowest BCUT2D eigenvalue weighted by Crippen LogP contribution is -2.22. The molecule has 1 aromatic carbocycles. The Morgan fingerprint density at radius 1 is 1.21 bits per heavy atom. The van der Waals surface area contributed by atoms with Gasteiger partial charge in [-0.3, -0.25) is 10.00 Å². The molecular weight excluding hydrogens is 391 g/mol. The van der Waals surface area contributed by atoms with E-state index in [1.807, 2.05) is 35.6 Å². The highest BCUT2D eigenvalue weighted by atomic mass is 19.4. The molecule has 29 heavy (non-hydrogen) atoms. The zero-order valence-electron chi connectivity index (χ0n) is 15.6. The van der Waals surface area contributed by atoms with E-state index >= 15 is 0 Å². The Morgan fingerprint density at radius 3 is 2.52 bits per heavy atom. The van der Waals surface area contributed by atoms with Crippen LogP contribution in [0.2, 0.25) is 0 Å². The van der Waals surface area contributed by atoms with Crippen molar-refractivity contribution in [2.45, 2.75) is 44.7 Å². The fourth-order valence-electron chi connectivity index (χ4n) is 3.44. The first kappa shape index (κ1) is 21.0. The molecule has 0 saturated heterocycles. The number of nitrogens with zero attached hydrogens (tertiary/aromatic N) is 2. The molecule has 1 amide bonds. The fourth-order valence-corrected chi connectivity index (χ4v) is 3.44. The third-order valence-electron chi connectivity index (χ3n) is 4.81. The van der Waals surface area contributed by atoms with Crippen LogP contribution in [0, 0.1) is 5.92 Å². The zero-order chi connectivity index (χ0) is 20.9. The summed E-state index contributed by atoms with van der Waals surface area (Å²) in [5.74, 6) is -0.429. The molecule has 1 fully saturated rings. The molecule has 1 heterocycles. The number of ether oxygens (including phenoxy) is 2. The van der Waals surface area contributed by atoms with E-state index in [9.17, 15) is 18.0 Å². The highest BCUT2D eigenvalue weighted by Crippen LogP contribution is 2.36. The summed E-state index contributed by atoms with van der Waals surface area (Å²) >= 11 is 0. The van der Waals surface area contributed by atoms with Crippen molar-refractivity contribution < 1.29 is 32.5 Å². The predicted octanol–water partition coefficient (Wildman–Crippen LogP) is 4.82. The largest absolute Gasteiger partial charge is 0.574 e. The molecule has 1 saturated carbocycles. The SMILES string of the molecule is O=C(O)Nc1cn(C2CCC(COCc3ccccc3)CC2)nc1OC(F)(F)F. The number of hydrogen-bond donors (Lipinski definition) is 2. The lowest BCUT2D eigenvalue weighted by atomic mass is 9.86. The van der Waals surface area contributed by atoms with Gasteiger partial charge in [-0.25, -0.2) is 4.79 Å². The number of aromatic nitrogens is 2. The second-order valence-corrected chi connectivity index (χ2v) is 6.98. The van der Waals surface area contributed by atoms with Gasteiger partial charge in [0.15, 0.2) is 0 Å². The minimum Gasteiger partial charge on any atom is -0.465 e. The minimum atomic E-state index is -4.96. The summed E-state index contributed by atoms with van der Waals surface area (Å²) in [7, 11) is 0.